The molecule has 2 heterocycles. The van der Waals surface area contributed by atoms with Crippen LogP contribution in [0.4, 0.5) is 5.82 Å². The molecule has 0 spiro atoms. The van der Waals surface area contributed by atoms with E-state index < -0.39 is 0 Å². The first kappa shape index (κ1) is 15.3. The molecule has 4 aromatic rings. The van der Waals surface area contributed by atoms with Gasteiger partial charge in [-0.25, -0.2) is 4.98 Å². The summed E-state index contributed by atoms with van der Waals surface area (Å²) >= 11 is 0. The van der Waals surface area contributed by atoms with Gasteiger partial charge in [0.05, 0.1) is 25.9 Å². The molecule has 126 valence electrons. The number of benzene rings is 2. The number of nitrogens with zero attached hydrogens (tertiary/aromatic N) is 1. The summed E-state index contributed by atoms with van der Waals surface area (Å²) in [4.78, 5) is 7.89. The monoisotopic (exact) mass is 333 g/mol. The first-order valence-electron chi connectivity index (χ1n) is 8.10. The lowest BCUT2D eigenvalue weighted by Crippen LogP contribution is -2.03. The molecule has 0 radical (unpaired) electrons. The van der Waals surface area contributed by atoms with Crippen LogP contribution >= 0.6 is 0 Å². The van der Waals surface area contributed by atoms with Crippen LogP contribution < -0.4 is 14.8 Å². The van der Waals surface area contributed by atoms with Gasteiger partial charge >= 0.3 is 0 Å². The second kappa shape index (κ2) is 6.36. The van der Waals surface area contributed by atoms with Crippen LogP contribution in [0.25, 0.3) is 21.8 Å². The van der Waals surface area contributed by atoms with Crippen LogP contribution in [-0.4, -0.2) is 24.2 Å². The molecule has 0 amide bonds. The Morgan fingerprint density at radius 2 is 1.84 bits per heavy atom. The van der Waals surface area contributed by atoms with E-state index in [0.29, 0.717) is 6.54 Å². The molecule has 0 aliphatic carbocycles. The quantitative estimate of drug-likeness (QED) is 0.570. The number of ether oxygens (including phenoxy) is 2. The van der Waals surface area contributed by atoms with Gasteiger partial charge in [-0.3, -0.25) is 0 Å². The maximum absolute atomic E-state index is 5.43. The lowest BCUT2D eigenvalue weighted by molar-refractivity contribution is 0.399. The lowest BCUT2D eigenvalue weighted by Gasteiger charge is -2.12. The Labute approximate surface area is 145 Å². The molecule has 0 aliphatic rings. The van der Waals surface area contributed by atoms with Crippen LogP contribution in [0.15, 0.2) is 54.7 Å². The van der Waals surface area contributed by atoms with Crippen molar-refractivity contribution in [3.05, 3.63) is 60.3 Å². The van der Waals surface area contributed by atoms with Gasteiger partial charge in [-0.1, -0.05) is 18.2 Å². The molecular formula is C20H19N3O2. The third kappa shape index (κ3) is 2.85. The molecule has 0 saturated heterocycles. The van der Waals surface area contributed by atoms with Crippen LogP contribution in [0.5, 0.6) is 11.5 Å². The largest absolute Gasteiger partial charge is 0.497 e. The van der Waals surface area contributed by atoms with Crippen LogP contribution in [0.2, 0.25) is 0 Å². The van der Waals surface area contributed by atoms with Crippen LogP contribution in [0.1, 0.15) is 5.56 Å². The van der Waals surface area contributed by atoms with Gasteiger partial charge in [0.2, 0.25) is 0 Å². The second-order valence-electron chi connectivity index (χ2n) is 5.82. The third-order valence-electron chi connectivity index (χ3n) is 4.34. The molecule has 0 saturated carbocycles. The topological polar surface area (TPSA) is 59.2 Å². The number of anilines is 1. The number of H-pyrrole nitrogens is 1. The molecule has 25 heavy (non-hydrogen) atoms. The molecule has 4 rings (SSSR count). The highest BCUT2D eigenvalue weighted by Gasteiger charge is 2.08. The molecule has 0 unspecified atom stereocenters. The average Bonchev–Trinajstić information content (AvgIpc) is 3.04. The van der Waals surface area contributed by atoms with E-state index in [-0.39, 0.29) is 0 Å². The Bertz CT molecular complexity index is 1040. The smallest absolute Gasteiger partial charge is 0.126 e. The molecular weight excluding hydrogens is 314 g/mol. The van der Waals surface area contributed by atoms with E-state index in [4.69, 9.17) is 9.47 Å². The third-order valence-corrected chi connectivity index (χ3v) is 4.34. The van der Waals surface area contributed by atoms with Crippen molar-refractivity contribution in [1.82, 2.24) is 9.97 Å². The van der Waals surface area contributed by atoms with E-state index in [2.05, 4.69) is 33.5 Å². The summed E-state index contributed by atoms with van der Waals surface area (Å²) in [6.07, 6.45) is 1.86. The van der Waals surface area contributed by atoms with Crippen molar-refractivity contribution in [2.24, 2.45) is 0 Å². The van der Waals surface area contributed by atoms with Crippen LogP contribution in [-0.2, 0) is 6.54 Å². The summed E-state index contributed by atoms with van der Waals surface area (Å²) in [6.45, 7) is 0.598. The summed E-state index contributed by atoms with van der Waals surface area (Å²) in [7, 11) is 3.33. The Morgan fingerprint density at radius 1 is 0.960 bits per heavy atom. The molecule has 5 heteroatoms. The van der Waals surface area contributed by atoms with Gasteiger partial charge < -0.3 is 19.8 Å². The Morgan fingerprint density at radius 3 is 2.68 bits per heavy atom. The van der Waals surface area contributed by atoms with Gasteiger partial charge in [-0.2, -0.15) is 0 Å². The number of fused-ring (bicyclic) bond motifs is 3. The Hall–Kier alpha value is -3.21. The lowest BCUT2D eigenvalue weighted by atomic mass is 10.1. The number of methoxy groups -OCH3 is 2. The van der Waals surface area contributed by atoms with E-state index in [1.54, 1.807) is 14.2 Å². The summed E-state index contributed by atoms with van der Waals surface area (Å²) < 4.78 is 10.7. The minimum atomic E-state index is 0.598. The Balaban J connectivity index is 1.64. The van der Waals surface area contributed by atoms with Crippen molar-refractivity contribution in [3.8, 4) is 11.5 Å². The fraction of sp³-hybridized carbons (Fsp3) is 0.150. The van der Waals surface area contributed by atoms with Crippen molar-refractivity contribution in [3.63, 3.8) is 0 Å². The van der Waals surface area contributed by atoms with E-state index >= 15 is 0 Å². The fourth-order valence-corrected chi connectivity index (χ4v) is 3.05. The van der Waals surface area contributed by atoms with Crippen LogP contribution in [0.3, 0.4) is 0 Å². The summed E-state index contributed by atoms with van der Waals surface area (Å²) in [5.74, 6) is 2.45. The highest BCUT2D eigenvalue weighted by atomic mass is 16.5. The predicted molar refractivity (Wildman–Crippen MR) is 100 cm³/mol. The van der Waals surface area contributed by atoms with Gasteiger partial charge in [0.15, 0.2) is 0 Å². The second-order valence-corrected chi connectivity index (χ2v) is 5.82. The van der Waals surface area contributed by atoms with E-state index in [9.17, 15) is 0 Å². The van der Waals surface area contributed by atoms with Gasteiger partial charge in [0.25, 0.3) is 0 Å². The van der Waals surface area contributed by atoms with E-state index in [0.717, 1.165) is 39.3 Å². The van der Waals surface area contributed by atoms with Crippen molar-refractivity contribution in [2.45, 2.75) is 6.54 Å². The highest BCUT2D eigenvalue weighted by Crippen LogP contribution is 2.28. The zero-order valence-electron chi connectivity index (χ0n) is 14.2. The molecule has 0 aliphatic heterocycles. The standard InChI is InChI=1S/C20H19N3O2/c1-24-14-7-8-19(25-2)13(9-14)11-21-20-10-16-15-5-3-4-6-17(15)23-18(16)12-22-20/h3-10,12,23H,11H2,1-2H3,(H,21,22). The fourth-order valence-electron chi connectivity index (χ4n) is 3.05. The predicted octanol–water partition coefficient (Wildman–Crippen LogP) is 4.35. The van der Waals surface area contributed by atoms with E-state index in [1.165, 1.54) is 5.39 Å². The molecule has 0 atom stereocenters. The number of hydrogen-bond donors (Lipinski definition) is 2. The highest BCUT2D eigenvalue weighted by molar-refractivity contribution is 6.07. The molecule has 5 nitrogen and oxygen atoms in total. The zero-order valence-corrected chi connectivity index (χ0v) is 14.2. The number of aromatic nitrogens is 2. The van der Waals surface area contributed by atoms with Crippen molar-refractivity contribution in [2.75, 3.05) is 19.5 Å². The Kier molecular flexibility index (Phi) is 3.90. The van der Waals surface area contributed by atoms with Gasteiger partial charge in [0.1, 0.15) is 17.3 Å². The SMILES string of the molecule is COc1ccc(OC)c(CNc2cc3c(cn2)[nH]c2ccccc23)c1. The number of para-hydroxylation sites is 1. The minimum Gasteiger partial charge on any atom is -0.497 e. The van der Waals surface area contributed by atoms with Gasteiger partial charge in [-0.05, 0) is 30.3 Å². The molecule has 2 aromatic carbocycles. The number of aromatic amines is 1. The molecule has 0 bridgehead atoms. The minimum absolute atomic E-state index is 0.598. The van der Waals surface area contributed by atoms with Crippen LogP contribution in [0, 0.1) is 0 Å². The van der Waals surface area contributed by atoms with Gasteiger partial charge in [-0.15, -0.1) is 0 Å². The molecule has 2 aromatic heterocycles. The number of rotatable bonds is 5. The first-order valence-corrected chi connectivity index (χ1v) is 8.10. The maximum Gasteiger partial charge on any atom is 0.126 e. The van der Waals surface area contributed by atoms with E-state index in [1.807, 2.05) is 36.5 Å². The first-order chi connectivity index (χ1) is 12.3. The number of pyridine rings is 1. The molecule has 0 fully saturated rings. The summed E-state index contributed by atoms with van der Waals surface area (Å²) in [5, 5.41) is 5.73. The summed E-state index contributed by atoms with van der Waals surface area (Å²) in [5.41, 5.74) is 3.17. The number of hydrogen-bond acceptors (Lipinski definition) is 4. The van der Waals surface area contributed by atoms with Crippen molar-refractivity contribution < 1.29 is 9.47 Å². The summed E-state index contributed by atoms with van der Waals surface area (Å²) in [6, 6.07) is 16.1. The normalized spacial score (nSPS) is 11.0. The van der Waals surface area contributed by atoms with Crippen molar-refractivity contribution >= 4 is 27.6 Å². The maximum atomic E-state index is 5.43. The molecule has 2 N–H and O–H groups in total. The zero-order chi connectivity index (χ0) is 17.2. The average molecular weight is 333 g/mol. The van der Waals surface area contributed by atoms with Gasteiger partial charge in [0, 0.05) is 28.4 Å². The van der Waals surface area contributed by atoms with Crippen molar-refractivity contribution in [1.29, 1.82) is 0 Å². The number of nitrogens with one attached hydrogen (secondary N) is 2.